The fourth-order valence-electron chi connectivity index (χ4n) is 1.85. The summed E-state index contributed by atoms with van der Waals surface area (Å²) in [6.07, 6.45) is 0. The first-order valence-corrected chi connectivity index (χ1v) is 5.42. The van der Waals surface area contributed by atoms with Crippen LogP contribution in [0.5, 0.6) is 0 Å². The van der Waals surface area contributed by atoms with Crippen molar-refractivity contribution < 1.29 is 14.3 Å². The van der Waals surface area contributed by atoms with Crippen LogP contribution >= 0.6 is 0 Å². The smallest absolute Gasteiger partial charge is 0.237 e. The van der Waals surface area contributed by atoms with Crippen LogP contribution < -0.4 is 11.1 Å². The van der Waals surface area contributed by atoms with E-state index in [2.05, 4.69) is 5.32 Å². The molecule has 0 aliphatic carbocycles. The predicted octanol–water partition coefficient (Wildman–Crippen LogP) is -1.45. The highest BCUT2D eigenvalue weighted by Gasteiger charge is 2.35. The number of hydrogen-bond acceptors (Lipinski definition) is 4. The third-order valence-corrected chi connectivity index (χ3v) is 2.81. The minimum absolute atomic E-state index is 0.0226. The van der Waals surface area contributed by atoms with E-state index in [1.54, 1.807) is 7.05 Å². The molecule has 92 valence electrons. The zero-order valence-electron chi connectivity index (χ0n) is 9.73. The van der Waals surface area contributed by atoms with Gasteiger partial charge < -0.3 is 20.7 Å². The van der Waals surface area contributed by atoms with E-state index in [1.165, 1.54) is 4.90 Å². The first-order valence-electron chi connectivity index (χ1n) is 5.42. The van der Waals surface area contributed by atoms with Gasteiger partial charge in [-0.25, -0.2) is 0 Å². The van der Waals surface area contributed by atoms with Crippen LogP contribution in [-0.2, 0) is 14.3 Å². The molecular weight excluding hydrogens is 210 g/mol. The molecule has 1 fully saturated rings. The second kappa shape index (κ2) is 5.81. The average molecular weight is 229 g/mol. The van der Waals surface area contributed by atoms with Gasteiger partial charge in [0.05, 0.1) is 25.7 Å². The van der Waals surface area contributed by atoms with E-state index in [0.29, 0.717) is 19.8 Å². The number of nitrogens with two attached hydrogens (primary N) is 1. The topological polar surface area (TPSA) is 84.7 Å². The van der Waals surface area contributed by atoms with E-state index < -0.39 is 5.91 Å². The molecule has 1 aliphatic heterocycles. The fourth-order valence-corrected chi connectivity index (χ4v) is 1.85. The Bertz CT molecular complexity index is 270. The van der Waals surface area contributed by atoms with Crippen molar-refractivity contribution in [1.29, 1.82) is 0 Å². The number of hydrogen-bond donors (Lipinski definition) is 2. The zero-order chi connectivity index (χ0) is 12.1. The van der Waals surface area contributed by atoms with E-state index in [9.17, 15) is 9.59 Å². The third kappa shape index (κ3) is 2.93. The summed E-state index contributed by atoms with van der Waals surface area (Å²) >= 11 is 0. The monoisotopic (exact) mass is 229 g/mol. The van der Waals surface area contributed by atoms with Crippen LogP contribution in [0.1, 0.15) is 6.92 Å². The summed E-state index contributed by atoms with van der Waals surface area (Å²) in [4.78, 5) is 24.4. The maximum absolute atomic E-state index is 12.1. The van der Waals surface area contributed by atoms with Gasteiger partial charge in [-0.3, -0.25) is 9.59 Å². The number of ether oxygens (including phenoxy) is 1. The molecule has 0 aromatic heterocycles. The summed E-state index contributed by atoms with van der Waals surface area (Å²) < 4.78 is 5.26. The van der Waals surface area contributed by atoms with Crippen molar-refractivity contribution in [3.63, 3.8) is 0 Å². The summed E-state index contributed by atoms with van der Waals surface area (Å²) in [5.41, 5.74) is 5.09. The van der Waals surface area contributed by atoms with Crippen molar-refractivity contribution in [1.82, 2.24) is 10.2 Å². The summed E-state index contributed by atoms with van der Waals surface area (Å²) in [6.45, 7) is 3.21. The van der Waals surface area contributed by atoms with E-state index >= 15 is 0 Å². The Hall–Kier alpha value is -1.14. The molecular formula is C10H19N3O3. The molecule has 0 saturated carbocycles. The minimum Gasteiger partial charge on any atom is -0.379 e. The molecule has 2 atom stereocenters. The maximum Gasteiger partial charge on any atom is 0.237 e. The quantitative estimate of drug-likeness (QED) is 0.604. The maximum atomic E-state index is 12.1. The third-order valence-electron chi connectivity index (χ3n) is 2.81. The lowest BCUT2D eigenvalue weighted by Gasteiger charge is -2.25. The number of nitrogens with one attached hydrogen (secondary N) is 1. The number of carbonyl (C=O) groups excluding carboxylic acids is 2. The number of likely N-dealkylation sites (N-methyl/N-ethyl adjacent to an activating group) is 2. The lowest BCUT2D eigenvalue weighted by atomic mass is 10.0. The Morgan fingerprint density at radius 1 is 1.50 bits per heavy atom. The molecule has 6 heteroatoms. The first-order chi connectivity index (χ1) is 7.60. The Morgan fingerprint density at radius 3 is 2.69 bits per heavy atom. The van der Waals surface area contributed by atoms with Crippen LogP contribution in [0.25, 0.3) is 0 Å². The second-order valence-electron chi connectivity index (χ2n) is 3.86. The van der Waals surface area contributed by atoms with E-state index in [-0.39, 0.29) is 24.4 Å². The molecule has 0 bridgehead atoms. The van der Waals surface area contributed by atoms with Gasteiger partial charge in [0.15, 0.2) is 0 Å². The van der Waals surface area contributed by atoms with Gasteiger partial charge in [-0.15, -0.1) is 0 Å². The van der Waals surface area contributed by atoms with Gasteiger partial charge in [-0.05, 0) is 14.0 Å². The van der Waals surface area contributed by atoms with Gasteiger partial charge in [-0.2, -0.15) is 0 Å². The number of primary amides is 1. The van der Waals surface area contributed by atoms with Crippen molar-refractivity contribution in [2.45, 2.75) is 13.0 Å². The van der Waals surface area contributed by atoms with Crippen LogP contribution in [0.4, 0.5) is 0 Å². The molecule has 16 heavy (non-hydrogen) atoms. The van der Waals surface area contributed by atoms with Crippen LogP contribution in [0.3, 0.4) is 0 Å². The Balaban J connectivity index is 2.63. The van der Waals surface area contributed by atoms with Gasteiger partial charge in [0.1, 0.15) is 0 Å². The number of rotatable bonds is 5. The van der Waals surface area contributed by atoms with Crippen LogP contribution in [-0.4, -0.2) is 56.1 Å². The molecule has 2 unspecified atom stereocenters. The molecule has 1 saturated heterocycles. The minimum atomic E-state index is -0.491. The molecule has 3 N–H and O–H groups in total. The van der Waals surface area contributed by atoms with Gasteiger partial charge >= 0.3 is 0 Å². The standard InChI is InChI=1S/C10H19N3O3/c1-3-13(4-9(11)14)10(15)7-5-16-6-8(7)12-2/h7-8,12H,3-6H2,1-2H3,(H2,11,14). The van der Waals surface area contributed by atoms with Gasteiger partial charge in [0, 0.05) is 12.6 Å². The van der Waals surface area contributed by atoms with E-state index in [1.807, 2.05) is 6.92 Å². The summed E-state index contributed by atoms with van der Waals surface area (Å²) in [5, 5.41) is 3.04. The fraction of sp³-hybridized carbons (Fsp3) is 0.800. The molecule has 0 aromatic rings. The van der Waals surface area contributed by atoms with Gasteiger partial charge in [0.25, 0.3) is 0 Å². The van der Waals surface area contributed by atoms with E-state index in [4.69, 9.17) is 10.5 Å². The van der Waals surface area contributed by atoms with Crippen LogP contribution in [0, 0.1) is 5.92 Å². The molecule has 0 aromatic carbocycles. The van der Waals surface area contributed by atoms with E-state index in [0.717, 1.165) is 0 Å². The van der Waals surface area contributed by atoms with Crippen LogP contribution in [0.2, 0.25) is 0 Å². The second-order valence-corrected chi connectivity index (χ2v) is 3.86. The summed E-state index contributed by atoms with van der Waals surface area (Å²) in [7, 11) is 1.80. The van der Waals surface area contributed by atoms with Crippen molar-refractivity contribution in [3.8, 4) is 0 Å². The number of amides is 2. The van der Waals surface area contributed by atoms with Crippen molar-refractivity contribution in [2.24, 2.45) is 11.7 Å². The molecule has 6 nitrogen and oxygen atoms in total. The Kier molecular flexibility index (Phi) is 4.70. The molecule has 1 heterocycles. The lowest BCUT2D eigenvalue weighted by molar-refractivity contribution is -0.139. The molecule has 0 spiro atoms. The molecule has 1 aliphatic rings. The Morgan fingerprint density at radius 2 is 2.19 bits per heavy atom. The first kappa shape index (κ1) is 12.9. The normalized spacial score (nSPS) is 24.4. The Labute approximate surface area is 95.1 Å². The molecule has 1 rings (SSSR count). The highest BCUT2D eigenvalue weighted by Crippen LogP contribution is 2.16. The predicted molar refractivity (Wildman–Crippen MR) is 58.6 cm³/mol. The van der Waals surface area contributed by atoms with Gasteiger partial charge in [-0.1, -0.05) is 0 Å². The number of carbonyl (C=O) groups is 2. The highest BCUT2D eigenvalue weighted by atomic mass is 16.5. The highest BCUT2D eigenvalue weighted by molar-refractivity contribution is 5.85. The average Bonchev–Trinajstić information content (AvgIpc) is 2.72. The van der Waals surface area contributed by atoms with Gasteiger partial charge in [0.2, 0.25) is 11.8 Å². The summed E-state index contributed by atoms with van der Waals surface area (Å²) in [5.74, 6) is -0.780. The molecule has 2 amide bonds. The lowest BCUT2D eigenvalue weighted by Crippen LogP contribution is -2.47. The van der Waals surface area contributed by atoms with Crippen LogP contribution in [0.15, 0.2) is 0 Å². The zero-order valence-corrected chi connectivity index (χ0v) is 9.73. The largest absolute Gasteiger partial charge is 0.379 e. The van der Waals surface area contributed by atoms with Crippen molar-refractivity contribution in [2.75, 3.05) is 33.4 Å². The SMILES string of the molecule is CCN(CC(N)=O)C(=O)C1COCC1NC. The van der Waals surface area contributed by atoms with Crippen molar-refractivity contribution in [3.05, 3.63) is 0 Å². The van der Waals surface area contributed by atoms with Crippen molar-refractivity contribution >= 4 is 11.8 Å². The molecule has 0 radical (unpaired) electrons. The number of nitrogens with zero attached hydrogens (tertiary/aromatic N) is 1. The summed E-state index contributed by atoms with van der Waals surface area (Å²) in [6, 6.07) is 0.0226.